The molecule has 1 aliphatic heterocycles. The average Bonchev–Trinajstić information content (AvgIpc) is 2.95. The van der Waals surface area contributed by atoms with E-state index in [9.17, 15) is 18.0 Å². The number of rotatable bonds is 8. The van der Waals surface area contributed by atoms with E-state index in [0.717, 1.165) is 22.3 Å². The second-order valence-corrected chi connectivity index (χ2v) is 13.6. The van der Waals surface area contributed by atoms with Gasteiger partial charge in [-0.3, -0.25) is 9.59 Å². The topological polar surface area (TPSA) is 96.0 Å². The molecule has 1 unspecified atom stereocenters. The lowest BCUT2D eigenvalue weighted by Crippen LogP contribution is -2.44. The second-order valence-electron chi connectivity index (χ2n) is 10.9. The van der Waals surface area contributed by atoms with Gasteiger partial charge in [0.05, 0.1) is 26.7 Å². The number of amides is 2. The maximum absolute atomic E-state index is 13.5. The van der Waals surface area contributed by atoms with E-state index in [2.05, 4.69) is 5.32 Å². The number of ether oxygens (including phenoxy) is 1. The minimum Gasteiger partial charge on any atom is -0.455 e. The molecule has 0 fully saturated rings. The fraction of sp³-hybridized carbons (Fsp3) is 0.375. The molecule has 0 saturated heterocycles. The van der Waals surface area contributed by atoms with Crippen LogP contribution >= 0.6 is 23.2 Å². The van der Waals surface area contributed by atoms with Gasteiger partial charge < -0.3 is 15.0 Å². The molecule has 0 bridgehead atoms. The summed E-state index contributed by atoms with van der Waals surface area (Å²) < 4.78 is 34.3. The minimum absolute atomic E-state index is 0.0218. The number of carbonyl (C=O) groups excluding carboxylic acids is 2. The summed E-state index contributed by atoms with van der Waals surface area (Å²) in [5, 5.41) is 3.47. The van der Waals surface area contributed by atoms with Crippen LogP contribution < -0.4 is 10.1 Å². The van der Waals surface area contributed by atoms with Crippen molar-refractivity contribution in [3.05, 3.63) is 80.8 Å². The summed E-state index contributed by atoms with van der Waals surface area (Å²) in [7, 11) is -3.86. The molecule has 11 heteroatoms. The van der Waals surface area contributed by atoms with Crippen molar-refractivity contribution >= 4 is 50.7 Å². The van der Waals surface area contributed by atoms with Gasteiger partial charge in [0.25, 0.3) is 0 Å². The molecule has 2 amide bonds. The van der Waals surface area contributed by atoms with Crippen molar-refractivity contribution in [2.24, 2.45) is 0 Å². The Balaban J connectivity index is 1.71. The Hall–Kier alpha value is -3.11. The summed E-state index contributed by atoms with van der Waals surface area (Å²) in [5.74, 6) is -0.737. The first-order chi connectivity index (χ1) is 20.3. The van der Waals surface area contributed by atoms with E-state index in [1.807, 2.05) is 45.9 Å². The van der Waals surface area contributed by atoms with Gasteiger partial charge in [-0.2, -0.15) is 4.31 Å². The zero-order chi connectivity index (χ0) is 31.6. The van der Waals surface area contributed by atoms with Crippen LogP contribution in [-0.2, 0) is 26.0 Å². The van der Waals surface area contributed by atoms with Crippen molar-refractivity contribution in [3.63, 3.8) is 0 Å². The highest BCUT2D eigenvalue weighted by Crippen LogP contribution is 2.38. The van der Waals surface area contributed by atoms with Gasteiger partial charge in [0.15, 0.2) is 5.75 Å². The number of aryl methyl sites for hydroxylation is 1. The number of hydrogen-bond acceptors (Lipinski definition) is 5. The van der Waals surface area contributed by atoms with E-state index < -0.39 is 27.9 Å². The predicted molar refractivity (Wildman–Crippen MR) is 171 cm³/mol. The molecule has 0 radical (unpaired) electrons. The molecule has 0 spiro atoms. The Labute approximate surface area is 264 Å². The summed E-state index contributed by atoms with van der Waals surface area (Å²) in [6.45, 7) is 12.2. The molecule has 0 saturated carbocycles. The Bertz CT molecular complexity index is 1650. The molecular weight excluding hydrogens is 609 g/mol. The Kier molecular flexibility index (Phi) is 10.1. The van der Waals surface area contributed by atoms with Gasteiger partial charge in [-0.1, -0.05) is 63.0 Å². The number of sulfonamides is 1. The monoisotopic (exact) mass is 645 g/mol. The fourth-order valence-corrected chi connectivity index (χ4v) is 7.13. The molecule has 1 heterocycles. The van der Waals surface area contributed by atoms with E-state index >= 15 is 0 Å². The SMILES string of the molecule is CCN(CC)S(=O)(=O)c1ccc(Oc2cc(C)ccc2C(C)C)c(NC(=O)C(=O)N2CCc3cc(Cl)c(Cl)cc3C2C)c1. The van der Waals surface area contributed by atoms with E-state index in [1.165, 1.54) is 27.4 Å². The van der Waals surface area contributed by atoms with Crippen LogP contribution in [0.1, 0.15) is 68.8 Å². The molecule has 3 aromatic carbocycles. The third-order valence-electron chi connectivity index (χ3n) is 7.73. The number of carbonyl (C=O) groups is 2. The second kappa shape index (κ2) is 13.3. The van der Waals surface area contributed by atoms with Gasteiger partial charge in [0.1, 0.15) is 5.75 Å². The Morgan fingerprint density at radius 3 is 2.35 bits per heavy atom. The van der Waals surface area contributed by atoms with Crippen molar-refractivity contribution in [2.45, 2.75) is 64.8 Å². The van der Waals surface area contributed by atoms with Crippen LogP contribution in [0.5, 0.6) is 11.5 Å². The maximum atomic E-state index is 13.5. The van der Waals surface area contributed by atoms with Crippen LogP contribution in [0.25, 0.3) is 0 Å². The summed E-state index contributed by atoms with van der Waals surface area (Å²) in [6.07, 6.45) is 0.507. The van der Waals surface area contributed by atoms with Gasteiger partial charge >= 0.3 is 11.8 Å². The quantitative estimate of drug-likeness (QED) is 0.259. The van der Waals surface area contributed by atoms with Crippen molar-refractivity contribution in [2.75, 3.05) is 25.0 Å². The molecule has 8 nitrogen and oxygen atoms in total. The third-order valence-corrected chi connectivity index (χ3v) is 10.5. The van der Waals surface area contributed by atoms with Crippen molar-refractivity contribution in [3.8, 4) is 11.5 Å². The number of anilines is 1. The highest BCUT2D eigenvalue weighted by Gasteiger charge is 2.33. The largest absolute Gasteiger partial charge is 0.455 e. The summed E-state index contributed by atoms with van der Waals surface area (Å²) in [5.41, 5.74) is 3.77. The molecule has 4 rings (SSSR count). The lowest BCUT2D eigenvalue weighted by Gasteiger charge is -2.35. The summed E-state index contributed by atoms with van der Waals surface area (Å²) in [6, 6.07) is 13.2. The van der Waals surface area contributed by atoms with Crippen molar-refractivity contribution in [1.29, 1.82) is 0 Å². The first-order valence-electron chi connectivity index (χ1n) is 14.3. The number of halogens is 2. The average molecular weight is 647 g/mol. The molecule has 1 atom stereocenters. The van der Waals surface area contributed by atoms with Gasteiger partial charge in [0.2, 0.25) is 10.0 Å². The van der Waals surface area contributed by atoms with E-state index in [0.29, 0.717) is 28.8 Å². The number of nitrogens with zero attached hydrogens (tertiary/aromatic N) is 2. The van der Waals surface area contributed by atoms with Crippen LogP contribution in [0, 0.1) is 6.92 Å². The number of benzene rings is 3. The van der Waals surface area contributed by atoms with Crippen LogP contribution in [0.2, 0.25) is 10.0 Å². The van der Waals surface area contributed by atoms with E-state index in [1.54, 1.807) is 26.0 Å². The molecular formula is C32H37Cl2N3O5S. The summed E-state index contributed by atoms with van der Waals surface area (Å²) >= 11 is 12.4. The minimum atomic E-state index is -3.86. The first-order valence-corrected chi connectivity index (χ1v) is 16.5. The third kappa shape index (κ3) is 6.85. The zero-order valence-corrected chi connectivity index (χ0v) is 27.5. The smallest absolute Gasteiger partial charge is 0.314 e. The molecule has 0 aliphatic carbocycles. The highest BCUT2D eigenvalue weighted by atomic mass is 35.5. The van der Waals surface area contributed by atoms with Gasteiger partial charge in [-0.05, 0) is 84.8 Å². The molecule has 1 N–H and O–H groups in total. The highest BCUT2D eigenvalue weighted by molar-refractivity contribution is 7.89. The number of nitrogens with one attached hydrogen (secondary N) is 1. The summed E-state index contributed by atoms with van der Waals surface area (Å²) in [4.78, 5) is 28.4. The van der Waals surface area contributed by atoms with Crippen LogP contribution in [0.15, 0.2) is 53.4 Å². The molecule has 1 aliphatic rings. The lowest BCUT2D eigenvalue weighted by molar-refractivity contribution is -0.145. The van der Waals surface area contributed by atoms with E-state index in [4.69, 9.17) is 27.9 Å². The fourth-order valence-electron chi connectivity index (χ4n) is 5.29. The van der Waals surface area contributed by atoms with Crippen LogP contribution in [0.4, 0.5) is 5.69 Å². The van der Waals surface area contributed by atoms with Crippen molar-refractivity contribution in [1.82, 2.24) is 9.21 Å². The molecule has 230 valence electrons. The van der Waals surface area contributed by atoms with Gasteiger partial charge in [0, 0.05) is 19.6 Å². The Morgan fingerprint density at radius 1 is 1.02 bits per heavy atom. The van der Waals surface area contributed by atoms with E-state index in [-0.39, 0.29) is 35.3 Å². The maximum Gasteiger partial charge on any atom is 0.314 e. The first kappa shape index (κ1) is 32.8. The van der Waals surface area contributed by atoms with Gasteiger partial charge in [-0.25, -0.2) is 8.42 Å². The standard InChI is InChI=1S/C32H37Cl2N3O5S/c1-7-36(8-2)43(40,41)23-10-12-29(42-30-15-20(5)9-11-24(30)19(3)4)28(17-23)35-31(38)32(39)37-14-13-22-16-26(33)27(34)18-25(22)21(37)6/h9-12,15-19,21H,7-8,13-14H2,1-6H3,(H,35,38). The van der Waals surface area contributed by atoms with Crippen LogP contribution in [0.3, 0.4) is 0 Å². The predicted octanol–water partition coefficient (Wildman–Crippen LogP) is 7.33. The van der Waals surface area contributed by atoms with Crippen LogP contribution in [-0.4, -0.2) is 49.1 Å². The molecule has 0 aromatic heterocycles. The van der Waals surface area contributed by atoms with Crippen molar-refractivity contribution < 1.29 is 22.7 Å². The van der Waals surface area contributed by atoms with Gasteiger partial charge in [-0.15, -0.1) is 0 Å². The zero-order valence-electron chi connectivity index (χ0n) is 25.2. The number of fused-ring (bicyclic) bond motifs is 1. The normalized spacial score (nSPS) is 15.0. The molecule has 3 aromatic rings. The Morgan fingerprint density at radius 2 is 1.70 bits per heavy atom. The lowest BCUT2D eigenvalue weighted by atomic mass is 9.93. The molecule has 43 heavy (non-hydrogen) atoms. The number of hydrogen-bond donors (Lipinski definition) is 1.